The summed E-state index contributed by atoms with van der Waals surface area (Å²) < 4.78 is 12.0. The zero-order valence-corrected chi connectivity index (χ0v) is 23.1. The first kappa shape index (κ1) is 27.2. The Morgan fingerprint density at radius 2 is 1.76 bits per heavy atom. The minimum absolute atomic E-state index is 0.141. The summed E-state index contributed by atoms with van der Waals surface area (Å²) in [5, 5.41) is 2.84. The molecule has 38 heavy (non-hydrogen) atoms. The third-order valence-electron chi connectivity index (χ3n) is 5.67. The minimum atomic E-state index is -0.234. The van der Waals surface area contributed by atoms with E-state index in [4.69, 9.17) is 21.7 Å². The van der Waals surface area contributed by atoms with Gasteiger partial charge in [0.1, 0.15) is 0 Å². The molecule has 3 aromatic rings. The number of rotatable bonds is 10. The maximum Gasteiger partial charge on any atom is 0.270 e. The van der Waals surface area contributed by atoms with Gasteiger partial charge in [-0.15, -0.1) is 0 Å². The highest BCUT2D eigenvalue weighted by Gasteiger charge is 2.33. The summed E-state index contributed by atoms with van der Waals surface area (Å²) in [6, 6.07) is 22.7. The normalized spacial score (nSPS) is 14.1. The van der Waals surface area contributed by atoms with Crippen LogP contribution in [0, 0.1) is 0 Å². The van der Waals surface area contributed by atoms with Crippen molar-refractivity contribution < 1.29 is 19.1 Å². The second-order valence-corrected chi connectivity index (χ2v) is 10.3. The summed E-state index contributed by atoms with van der Waals surface area (Å²) in [7, 11) is 3.93. The molecule has 7 nitrogen and oxygen atoms in total. The second kappa shape index (κ2) is 12.6. The number of carbonyl (C=O) groups is 2. The van der Waals surface area contributed by atoms with Crippen molar-refractivity contribution in [2.45, 2.75) is 13.5 Å². The van der Waals surface area contributed by atoms with Crippen LogP contribution in [0.1, 0.15) is 18.1 Å². The summed E-state index contributed by atoms with van der Waals surface area (Å²) >= 11 is 6.77. The molecule has 0 aromatic heterocycles. The molecule has 0 radical (unpaired) electrons. The topological polar surface area (TPSA) is 71.1 Å². The molecule has 1 aliphatic heterocycles. The molecule has 1 aliphatic rings. The Morgan fingerprint density at radius 3 is 2.45 bits per heavy atom. The Balaban J connectivity index is 1.44. The molecule has 1 heterocycles. The lowest BCUT2D eigenvalue weighted by molar-refractivity contribution is -0.123. The van der Waals surface area contributed by atoms with Crippen LogP contribution in [-0.2, 0) is 16.1 Å². The summed E-state index contributed by atoms with van der Waals surface area (Å²) in [5.41, 5.74) is 3.54. The molecule has 1 saturated heterocycles. The van der Waals surface area contributed by atoms with Crippen LogP contribution in [-0.4, -0.2) is 43.4 Å². The van der Waals surface area contributed by atoms with E-state index in [-0.39, 0.29) is 18.4 Å². The van der Waals surface area contributed by atoms with Crippen LogP contribution >= 0.6 is 24.0 Å². The van der Waals surface area contributed by atoms with Crippen LogP contribution in [0.2, 0.25) is 0 Å². The van der Waals surface area contributed by atoms with E-state index in [0.717, 1.165) is 22.5 Å². The van der Waals surface area contributed by atoms with Crippen LogP contribution in [0.15, 0.2) is 77.7 Å². The highest BCUT2D eigenvalue weighted by molar-refractivity contribution is 8.27. The van der Waals surface area contributed by atoms with E-state index < -0.39 is 0 Å². The zero-order valence-electron chi connectivity index (χ0n) is 21.5. The van der Waals surface area contributed by atoms with Gasteiger partial charge in [0.25, 0.3) is 11.8 Å². The van der Waals surface area contributed by atoms with E-state index in [1.165, 1.54) is 11.8 Å². The molecular weight excluding hydrogens is 518 g/mol. The number of nitrogens with zero attached hydrogens (tertiary/aromatic N) is 2. The summed E-state index contributed by atoms with van der Waals surface area (Å²) in [6.45, 7) is 2.58. The maximum atomic E-state index is 13.2. The highest BCUT2D eigenvalue weighted by Crippen LogP contribution is 2.37. The van der Waals surface area contributed by atoms with Crippen LogP contribution < -0.4 is 24.6 Å². The van der Waals surface area contributed by atoms with E-state index in [2.05, 4.69) is 5.32 Å². The molecule has 1 N–H and O–H groups in total. The standard InChI is InChI=1S/C29H29N3O4S2/c1-4-35-25-16-21(10-15-24(25)36-19-27(33)30-18-20-8-6-5-7-9-20)17-26-28(34)32(29(37)38-26)23-13-11-22(12-14-23)31(2)3/h5-17H,4,18-19H2,1-3H3,(H,30,33)/b26-17-. The molecular formula is C29H29N3O4S2. The van der Waals surface area contributed by atoms with Gasteiger partial charge in [0, 0.05) is 26.3 Å². The SMILES string of the molecule is CCOc1cc(/C=C2\SC(=S)N(c3ccc(N(C)C)cc3)C2=O)ccc1OCC(=O)NCc1ccccc1. The number of anilines is 2. The summed E-state index contributed by atoms with van der Waals surface area (Å²) in [4.78, 5) is 29.5. The molecule has 3 aromatic carbocycles. The Hall–Kier alpha value is -3.82. The predicted molar refractivity (Wildman–Crippen MR) is 158 cm³/mol. The van der Waals surface area contributed by atoms with Gasteiger partial charge in [0.05, 0.1) is 17.2 Å². The van der Waals surface area contributed by atoms with E-state index in [1.807, 2.05) is 86.6 Å². The largest absolute Gasteiger partial charge is 0.490 e. The van der Waals surface area contributed by atoms with Crippen molar-refractivity contribution >= 4 is 57.6 Å². The van der Waals surface area contributed by atoms with Crippen molar-refractivity contribution in [1.82, 2.24) is 5.32 Å². The van der Waals surface area contributed by atoms with Gasteiger partial charge in [-0.25, -0.2) is 0 Å². The minimum Gasteiger partial charge on any atom is -0.490 e. The highest BCUT2D eigenvalue weighted by atomic mass is 32.2. The van der Waals surface area contributed by atoms with Gasteiger partial charge < -0.3 is 19.7 Å². The lowest BCUT2D eigenvalue weighted by Gasteiger charge is -2.17. The molecule has 0 atom stereocenters. The van der Waals surface area contributed by atoms with Crippen LogP contribution in [0.25, 0.3) is 6.08 Å². The number of hydrogen-bond donors (Lipinski definition) is 1. The average molecular weight is 548 g/mol. The molecule has 0 saturated carbocycles. The van der Waals surface area contributed by atoms with Crippen molar-refractivity contribution in [3.05, 3.63) is 88.8 Å². The Bertz CT molecular complexity index is 1340. The molecule has 0 spiro atoms. The van der Waals surface area contributed by atoms with Gasteiger partial charge in [0.2, 0.25) is 0 Å². The molecule has 0 bridgehead atoms. The Labute approximate surface area is 232 Å². The van der Waals surface area contributed by atoms with E-state index in [9.17, 15) is 9.59 Å². The zero-order chi connectivity index (χ0) is 27.1. The van der Waals surface area contributed by atoms with E-state index in [0.29, 0.717) is 33.9 Å². The molecule has 0 unspecified atom stereocenters. The smallest absolute Gasteiger partial charge is 0.270 e. The first-order chi connectivity index (χ1) is 18.4. The molecule has 2 amide bonds. The van der Waals surface area contributed by atoms with Crippen LogP contribution in [0.4, 0.5) is 11.4 Å². The van der Waals surface area contributed by atoms with Crippen LogP contribution in [0.3, 0.4) is 0 Å². The predicted octanol–water partition coefficient (Wildman–Crippen LogP) is 5.25. The molecule has 0 aliphatic carbocycles. The monoisotopic (exact) mass is 547 g/mol. The van der Waals surface area contributed by atoms with Gasteiger partial charge in [-0.05, 0) is 60.5 Å². The maximum absolute atomic E-state index is 13.2. The van der Waals surface area contributed by atoms with Gasteiger partial charge in [0.15, 0.2) is 22.4 Å². The first-order valence-corrected chi connectivity index (χ1v) is 13.3. The Kier molecular flexibility index (Phi) is 9.04. The fourth-order valence-electron chi connectivity index (χ4n) is 3.73. The molecule has 1 fully saturated rings. The molecule has 196 valence electrons. The number of carbonyl (C=O) groups excluding carboxylic acids is 2. The number of thiocarbonyl (C=S) groups is 1. The fraction of sp³-hybridized carbons (Fsp3) is 0.207. The molecule has 4 rings (SSSR count). The summed E-state index contributed by atoms with van der Waals surface area (Å²) in [5.74, 6) is 0.535. The van der Waals surface area contributed by atoms with Crippen molar-refractivity contribution in [3.63, 3.8) is 0 Å². The number of nitrogens with one attached hydrogen (secondary N) is 1. The number of benzene rings is 3. The van der Waals surface area contributed by atoms with Gasteiger partial charge in [-0.2, -0.15) is 0 Å². The lowest BCUT2D eigenvalue weighted by Crippen LogP contribution is -2.28. The Morgan fingerprint density at radius 1 is 1.03 bits per heavy atom. The lowest BCUT2D eigenvalue weighted by atomic mass is 10.1. The van der Waals surface area contributed by atoms with Crippen molar-refractivity contribution in [2.75, 3.05) is 37.1 Å². The number of thioether (sulfide) groups is 1. The van der Waals surface area contributed by atoms with Crippen LogP contribution in [0.5, 0.6) is 11.5 Å². The van der Waals surface area contributed by atoms with Gasteiger partial charge >= 0.3 is 0 Å². The number of ether oxygens (including phenoxy) is 2. The second-order valence-electron chi connectivity index (χ2n) is 8.62. The first-order valence-electron chi connectivity index (χ1n) is 12.1. The van der Waals surface area contributed by atoms with Crippen molar-refractivity contribution in [2.24, 2.45) is 0 Å². The van der Waals surface area contributed by atoms with E-state index in [1.54, 1.807) is 23.1 Å². The fourth-order valence-corrected chi connectivity index (χ4v) is 5.03. The quantitative estimate of drug-likeness (QED) is 0.275. The number of hydrogen-bond acceptors (Lipinski definition) is 7. The third-order valence-corrected chi connectivity index (χ3v) is 6.98. The van der Waals surface area contributed by atoms with Crippen molar-refractivity contribution in [1.29, 1.82) is 0 Å². The molecule has 9 heteroatoms. The van der Waals surface area contributed by atoms with E-state index >= 15 is 0 Å². The summed E-state index contributed by atoms with van der Waals surface area (Å²) in [6.07, 6.45) is 1.78. The van der Waals surface area contributed by atoms with Gasteiger partial charge in [-0.3, -0.25) is 14.5 Å². The van der Waals surface area contributed by atoms with Gasteiger partial charge in [-0.1, -0.05) is 60.4 Å². The van der Waals surface area contributed by atoms with Crippen molar-refractivity contribution in [3.8, 4) is 11.5 Å². The average Bonchev–Trinajstić information content (AvgIpc) is 3.20. The third kappa shape index (κ3) is 6.73. The number of amides is 2.